The van der Waals surface area contributed by atoms with Crippen LogP contribution in [-0.4, -0.2) is 60.3 Å². The van der Waals surface area contributed by atoms with E-state index in [4.69, 9.17) is 0 Å². The van der Waals surface area contributed by atoms with Gasteiger partial charge in [0, 0.05) is 30.9 Å². The Morgan fingerprint density at radius 3 is 2.71 bits per heavy atom. The molecular weight excluding hydrogens is 196 g/mol. The molecule has 1 rings (SSSR count). The SMILES string of the molecule is CCC(CSC)N(C)C1CNCC1O. The topological polar surface area (TPSA) is 35.5 Å². The summed E-state index contributed by atoms with van der Waals surface area (Å²) in [5, 5.41) is 13.0. The molecule has 0 amide bonds. The van der Waals surface area contributed by atoms with E-state index in [2.05, 4.69) is 30.4 Å². The van der Waals surface area contributed by atoms with Crippen molar-refractivity contribution in [2.45, 2.75) is 31.5 Å². The van der Waals surface area contributed by atoms with E-state index in [9.17, 15) is 5.11 Å². The van der Waals surface area contributed by atoms with Crippen molar-refractivity contribution < 1.29 is 5.11 Å². The largest absolute Gasteiger partial charge is 0.390 e. The van der Waals surface area contributed by atoms with E-state index in [1.54, 1.807) is 0 Å². The van der Waals surface area contributed by atoms with Gasteiger partial charge >= 0.3 is 0 Å². The van der Waals surface area contributed by atoms with Crippen LogP contribution in [0.4, 0.5) is 0 Å². The molecule has 0 radical (unpaired) electrons. The van der Waals surface area contributed by atoms with Crippen molar-refractivity contribution >= 4 is 11.8 Å². The smallest absolute Gasteiger partial charge is 0.0831 e. The molecule has 3 unspecified atom stereocenters. The van der Waals surface area contributed by atoms with Gasteiger partial charge in [0.1, 0.15) is 0 Å². The maximum absolute atomic E-state index is 9.76. The maximum atomic E-state index is 9.76. The minimum Gasteiger partial charge on any atom is -0.390 e. The van der Waals surface area contributed by atoms with Crippen LogP contribution in [0.1, 0.15) is 13.3 Å². The van der Waals surface area contributed by atoms with Gasteiger partial charge in [-0.1, -0.05) is 6.92 Å². The van der Waals surface area contributed by atoms with Gasteiger partial charge in [0.15, 0.2) is 0 Å². The molecule has 84 valence electrons. The van der Waals surface area contributed by atoms with Crippen molar-refractivity contribution in [2.75, 3.05) is 32.1 Å². The fourth-order valence-electron chi connectivity index (χ4n) is 2.05. The minimum absolute atomic E-state index is 0.198. The van der Waals surface area contributed by atoms with Gasteiger partial charge in [-0.2, -0.15) is 11.8 Å². The molecule has 1 aliphatic heterocycles. The van der Waals surface area contributed by atoms with Crippen molar-refractivity contribution in [3.05, 3.63) is 0 Å². The molecule has 0 aliphatic carbocycles. The number of rotatable bonds is 5. The van der Waals surface area contributed by atoms with Crippen LogP contribution in [0.3, 0.4) is 0 Å². The van der Waals surface area contributed by atoms with Gasteiger partial charge < -0.3 is 10.4 Å². The average Bonchev–Trinajstić information content (AvgIpc) is 2.59. The lowest BCUT2D eigenvalue weighted by atomic mass is 10.1. The molecule has 0 spiro atoms. The summed E-state index contributed by atoms with van der Waals surface area (Å²) in [6.07, 6.45) is 3.09. The zero-order valence-electron chi connectivity index (χ0n) is 9.36. The third kappa shape index (κ3) is 2.86. The summed E-state index contributed by atoms with van der Waals surface area (Å²) < 4.78 is 0. The number of hydrogen-bond donors (Lipinski definition) is 2. The van der Waals surface area contributed by atoms with Crippen LogP contribution in [0, 0.1) is 0 Å². The maximum Gasteiger partial charge on any atom is 0.0831 e. The normalized spacial score (nSPS) is 29.8. The van der Waals surface area contributed by atoms with Crippen molar-refractivity contribution in [1.82, 2.24) is 10.2 Å². The molecule has 3 atom stereocenters. The Morgan fingerprint density at radius 2 is 2.29 bits per heavy atom. The van der Waals surface area contributed by atoms with Gasteiger partial charge in [-0.05, 0) is 19.7 Å². The van der Waals surface area contributed by atoms with Crippen molar-refractivity contribution in [1.29, 1.82) is 0 Å². The first kappa shape index (κ1) is 12.3. The van der Waals surface area contributed by atoms with Crippen LogP contribution in [0.2, 0.25) is 0 Å². The Kier molecular flexibility index (Phi) is 5.23. The average molecular weight is 218 g/mol. The third-order valence-corrected chi connectivity index (χ3v) is 3.80. The summed E-state index contributed by atoms with van der Waals surface area (Å²) in [5.41, 5.74) is 0. The highest BCUT2D eigenvalue weighted by Gasteiger charge is 2.31. The second-order valence-corrected chi connectivity index (χ2v) is 4.89. The molecule has 4 heteroatoms. The molecule has 1 heterocycles. The van der Waals surface area contributed by atoms with Crippen LogP contribution >= 0.6 is 11.8 Å². The lowest BCUT2D eigenvalue weighted by Crippen LogP contribution is -2.47. The zero-order chi connectivity index (χ0) is 10.6. The standard InChI is InChI=1S/C10H22N2OS/c1-4-8(7-14-3)12(2)9-5-11-6-10(9)13/h8-11,13H,4-7H2,1-3H3. The van der Waals surface area contributed by atoms with Crippen LogP contribution < -0.4 is 5.32 Å². The summed E-state index contributed by atoms with van der Waals surface area (Å²) in [5.74, 6) is 1.15. The Balaban J connectivity index is 2.48. The monoisotopic (exact) mass is 218 g/mol. The number of likely N-dealkylation sites (N-methyl/N-ethyl adjacent to an activating group) is 1. The molecular formula is C10H22N2OS. The number of hydrogen-bond acceptors (Lipinski definition) is 4. The molecule has 0 aromatic rings. The van der Waals surface area contributed by atoms with Gasteiger partial charge in [0.25, 0.3) is 0 Å². The van der Waals surface area contributed by atoms with Crippen molar-refractivity contribution in [3.63, 3.8) is 0 Å². The number of aliphatic hydroxyl groups excluding tert-OH is 1. The molecule has 1 saturated heterocycles. The summed E-state index contributed by atoms with van der Waals surface area (Å²) in [7, 11) is 2.13. The van der Waals surface area contributed by atoms with E-state index >= 15 is 0 Å². The number of thioether (sulfide) groups is 1. The fourth-order valence-corrected chi connectivity index (χ4v) is 2.91. The molecule has 0 bridgehead atoms. The Hall–Kier alpha value is 0.230. The van der Waals surface area contributed by atoms with Crippen LogP contribution in [0.15, 0.2) is 0 Å². The van der Waals surface area contributed by atoms with Crippen LogP contribution in [0.5, 0.6) is 0 Å². The Labute approximate surface area is 91.2 Å². The van der Waals surface area contributed by atoms with E-state index in [1.165, 1.54) is 0 Å². The van der Waals surface area contributed by atoms with E-state index in [0.29, 0.717) is 12.1 Å². The molecule has 0 saturated carbocycles. The molecule has 2 N–H and O–H groups in total. The number of nitrogens with zero attached hydrogens (tertiary/aromatic N) is 1. The first-order valence-electron chi connectivity index (χ1n) is 5.30. The molecule has 3 nitrogen and oxygen atoms in total. The van der Waals surface area contributed by atoms with E-state index in [-0.39, 0.29) is 6.10 Å². The summed E-state index contributed by atoms with van der Waals surface area (Å²) in [6.45, 7) is 3.87. The predicted molar refractivity (Wildman–Crippen MR) is 62.9 cm³/mol. The third-order valence-electron chi connectivity index (χ3n) is 3.08. The highest BCUT2D eigenvalue weighted by atomic mass is 32.2. The highest BCUT2D eigenvalue weighted by Crippen LogP contribution is 2.15. The van der Waals surface area contributed by atoms with Gasteiger partial charge in [-0.3, -0.25) is 4.90 Å². The second-order valence-electron chi connectivity index (χ2n) is 3.98. The zero-order valence-corrected chi connectivity index (χ0v) is 10.2. The van der Waals surface area contributed by atoms with E-state index in [0.717, 1.165) is 25.3 Å². The Bertz CT molecular complexity index is 168. The first-order valence-corrected chi connectivity index (χ1v) is 6.69. The van der Waals surface area contributed by atoms with Crippen LogP contribution in [0.25, 0.3) is 0 Å². The van der Waals surface area contributed by atoms with Gasteiger partial charge in [-0.25, -0.2) is 0 Å². The fraction of sp³-hybridized carbons (Fsp3) is 1.00. The summed E-state index contributed by atoms with van der Waals surface area (Å²) >= 11 is 1.88. The Morgan fingerprint density at radius 1 is 1.57 bits per heavy atom. The van der Waals surface area contributed by atoms with Gasteiger partial charge in [0.05, 0.1) is 6.10 Å². The van der Waals surface area contributed by atoms with Crippen molar-refractivity contribution in [3.8, 4) is 0 Å². The minimum atomic E-state index is -0.198. The lowest BCUT2D eigenvalue weighted by Gasteiger charge is -2.33. The predicted octanol–water partition coefficient (Wildman–Crippen LogP) is 0.392. The highest BCUT2D eigenvalue weighted by molar-refractivity contribution is 7.98. The molecule has 1 fully saturated rings. The van der Waals surface area contributed by atoms with Crippen molar-refractivity contribution in [2.24, 2.45) is 0 Å². The van der Waals surface area contributed by atoms with Gasteiger partial charge in [-0.15, -0.1) is 0 Å². The number of nitrogens with one attached hydrogen (secondary N) is 1. The van der Waals surface area contributed by atoms with E-state index in [1.807, 2.05) is 11.8 Å². The number of β-amino-alcohol motifs (C(OH)–C–C–N with tert-alkyl or cyclic N) is 1. The van der Waals surface area contributed by atoms with E-state index < -0.39 is 0 Å². The quantitative estimate of drug-likeness (QED) is 0.700. The summed E-state index contributed by atoms with van der Waals surface area (Å²) in [4.78, 5) is 2.33. The molecule has 0 aromatic heterocycles. The summed E-state index contributed by atoms with van der Waals surface area (Å²) in [6, 6.07) is 0.886. The lowest BCUT2D eigenvalue weighted by molar-refractivity contribution is 0.0779. The number of aliphatic hydroxyl groups is 1. The molecule has 14 heavy (non-hydrogen) atoms. The first-order chi connectivity index (χ1) is 6.70. The van der Waals surface area contributed by atoms with Gasteiger partial charge in [0.2, 0.25) is 0 Å². The second kappa shape index (κ2) is 5.95. The molecule has 1 aliphatic rings. The molecule has 0 aromatic carbocycles. The van der Waals surface area contributed by atoms with Crippen LogP contribution in [-0.2, 0) is 0 Å².